The van der Waals surface area contributed by atoms with Crippen LogP contribution in [-0.4, -0.2) is 22.8 Å². The predicted molar refractivity (Wildman–Crippen MR) is 77.8 cm³/mol. The number of rotatable bonds is 5. The Balaban J connectivity index is 1.75. The van der Waals surface area contributed by atoms with Gasteiger partial charge in [0.15, 0.2) is 0 Å². The van der Waals surface area contributed by atoms with Crippen LogP contribution in [0.2, 0.25) is 0 Å². The first-order chi connectivity index (χ1) is 11.6. The van der Waals surface area contributed by atoms with E-state index >= 15 is 0 Å². The molecule has 1 heterocycles. The molecule has 1 aromatic heterocycles. The molecule has 6 nitrogen and oxygen atoms in total. The number of alkyl halides is 2. The van der Waals surface area contributed by atoms with Crippen molar-refractivity contribution in [1.29, 1.82) is 0 Å². The lowest BCUT2D eigenvalue weighted by atomic mass is 10.2. The number of hydrogen-bond donors (Lipinski definition) is 0. The van der Waals surface area contributed by atoms with Crippen molar-refractivity contribution in [2.45, 2.75) is 6.61 Å². The maximum Gasteiger partial charge on any atom is 0.387 e. The summed E-state index contributed by atoms with van der Waals surface area (Å²) in [5, 5.41) is 7.32. The number of esters is 1. The highest BCUT2D eigenvalue weighted by molar-refractivity contribution is 5.94. The third-order valence-electron chi connectivity index (χ3n) is 2.99. The molecule has 0 saturated heterocycles. The summed E-state index contributed by atoms with van der Waals surface area (Å²) in [7, 11) is 0. The fourth-order valence-electron chi connectivity index (χ4n) is 1.96. The second-order valence-electron chi connectivity index (χ2n) is 4.53. The van der Waals surface area contributed by atoms with Crippen molar-refractivity contribution in [3.63, 3.8) is 0 Å². The summed E-state index contributed by atoms with van der Waals surface area (Å²) in [6.45, 7) is -3.03. The number of carbonyl (C=O) groups is 1. The fraction of sp³-hybridized carbons (Fsp3) is 0.0625. The Morgan fingerprint density at radius 2 is 1.83 bits per heavy atom. The Morgan fingerprint density at radius 3 is 2.50 bits per heavy atom. The maximum atomic E-state index is 12.4. The normalized spacial score (nSPS) is 10.6. The number of para-hydroxylation sites is 1. The summed E-state index contributed by atoms with van der Waals surface area (Å²) < 4.78 is 39.3. The molecule has 0 atom stereocenters. The van der Waals surface area contributed by atoms with Crippen LogP contribution in [0.3, 0.4) is 0 Å². The molecule has 0 spiro atoms. The smallest absolute Gasteiger partial charge is 0.387 e. The quantitative estimate of drug-likeness (QED) is 0.525. The minimum Gasteiger partial charge on any atom is -0.434 e. The molecule has 3 aromatic rings. The van der Waals surface area contributed by atoms with E-state index in [9.17, 15) is 13.6 Å². The van der Waals surface area contributed by atoms with E-state index in [0.717, 1.165) is 0 Å². The maximum absolute atomic E-state index is 12.4. The van der Waals surface area contributed by atoms with Crippen molar-refractivity contribution >= 4 is 5.97 Å². The van der Waals surface area contributed by atoms with Crippen LogP contribution in [0.25, 0.3) is 11.5 Å². The summed E-state index contributed by atoms with van der Waals surface area (Å²) >= 11 is 0. The number of hydrogen-bond acceptors (Lipinski definition) is 6. The van der Waals surface area contributed by atoms with Crippen molar-refractivity contribution in [2.24, 2.45) is 0 Å². The zero-order valence-corrected chi connectivity index (χ0v) is 12.1. The van der Waals surface area contributed by atoms with Crippen LogP contribution in [0, 0.1) is 0 Å². The number of carbonyl (C=O) groups excluding carboxylic acids is 1. The van der Waals surface area contributed by atoms with Gasteiger partial charge in [0.1, 0.15) is 17.1 Å². The average Bonchev–Trinajstić information content (AvgIpc) is 3.10. The average molecular weight is 332 g/mol. The van der Waals surface area contributed by atoms with Gasteiger partial charge < -0.3 is 13.9 Å². The first-order valence-corrected chi connectivity index (χ1v) is 6.76. The van der Waals surface area contributed by atoms with Gasteiger partial charge in [-0.2, -0.15) is 8.78 Å². The van der Waals surface area contributed by atoms with E-state index in [0.29, 0.717) is 11.5 Å². The predicted octanol–water partition coefficient (Wildman–Crippen LogP) is 3.56. The van der Waals surface area contributed by atoms with Crippen molar-refractivity contribution in [1.82, 2.24) is 10.2 Å². The standard InChI is InChI=1S/C16H10F2N2O4/c17-16(18)24-13-4-2-1-3-12(13)15(21)23-11-7-5-10(6-8-11)14-20-19-9-22-14/h1-9,16H. The molecule has 0 aliphatic heterocycles. The Bertz CT molecular complexity index is 820. The number of benzene rings is 2. The lowest BCUT2D eigenvalue weighted by molar-refractivity contribution is -0.0503. The van der Waals surface area contributed by atoms with Gasteiger partial charge in [0.2, 0.25) is 12.3 Å². The van der Waals surface area contributed by atoms with E-state index in [1.54, 1.807) is 12.1 Å². The molecule has 24 heavy (non-hydrogen) atoms. The van der Waals surface area contributed by atoms with Gasteiger partial charge in [-0.05, 0) is 36.4 Å². The third kappa shape index (κ3) is 3.54. The van der Waals surface area contributed by atoms with E-state index < -0.39 is 12.6 Å². The Morgan fingerprint density at radius 1 is 1.08 bits per heavy atom. The third-order valence-corrected chi connectivity index (χ3v) is 2.99. The zero-order chi connectivity index (χ0) is 16.9. The van der Waals surface area contributed by atoms with E-state index in [1.807, 2.05) is 0 Å². The van der Waals surface area contributed by atoms with Gasteiger partial charge in [0.25, 0.3) is 0 Å². The van der Waals surface area contributed by atoms with E-state index in [1.165, 1.54) is 42.8 Å². The molecule has 0 aliphatic rings. The molecule has 122 valence electrons. The fourth-order valence-corrected chi connectivity index (χ4v) is 1.96. The van der Waals surface area contributed by atoms with E-state index in [-0.39, 0.29) is 17.1 Å². The first kappa shape index (κ1) is 15.6. The molecule has 0 bridgehead atoms. The molecule has 0 N–H and O–H groups in total. The lowest BCUT2D eigenvalue weighted by Crippen LogP contribution is -2.12. The number of ether oxygens (including phenoxy) is 2. The van der Waals surface area contributed by atoms with Crippen LogP contribution in [0.4, 0.5) is 8.78 Å². The molecule has 0 unspecified atom stereocenters. The van der Waals surface area contributed by atoms with Crippen LogP contribution >= 0.6 is 0 Å². The second-order valence-corrected chi connectivity index (χ2v) is 4.53. The zero-order valence-electron chi connectivity index (χ0n) is 12.1. The summed E-state index contributed by atoms with van der Waals surface area (Å²) in [5.41, 5.74) is 0.549. The minimum absolute atomic E-state index is 0.0984. The summed E-state index contributed by atoms with van der Waals surface area (Å²) in [6.07, 6.45) is 1.20. The molecule has 2 aromatic carbocycles. The molecular formula is C16H10F2N2O4. The number of aromatic nitrogens is 2. The van der Waals surface area contributed by atoms with E-state index in [4.69, 9.17) is 9.15 Å². The van der Waals surface area contributed by atoms with Crippen molar-refractivity contribution in [2.75, 3.05) is 0 Å². The Kier molecular flexibility index (Phi) is 4.46. The Labute approximate surface area is 134 Å². The van der Waals surface area contributed by atoms with Gasteiger partial charge in [-0.3, -0.25) is 0 Å². The van der Waals surface area contributed by atoms with Crippen molar-refractivity contribution < 1.29 is 27.5 Å². The SMILES string of the molecule is O=C(Oc1ccc(-c2nnco2)cc1)c1ccccc1OC(F)F. The van der Waals surface area contributed by atoms with E-state index in [2.05, 4.69) is 14.9 Å². The summed E-state index contributed by atoms with van der Waals surface area (Å²) in [4.78, 5) is 12.1. The molecule has 0 radical (unpaired) electrons. The van der Waals surface area contributed by atoms with Crippen LogP contribution in [-0.2, 0) is 0 Å². The van der Waals surface area contributed by atoms with Crippen molar-refractivity contribution in [3.05, 3.63) is 60.5 Å². The molecule has 0 saturated carbocycles. The number of halogens is 2. The summed E-state index contributed by atoms with van der Waals surface area (Å²) in [6, 6.07) is 11.9. The molecule has 8 heteroatoms. The highest BCUT2D eigenvalue weighted by atomic mass is 19.3. The van der Waals surface area contributed by atoms with Gasteiger partial charge >= 0.3 is 12.6 Å². The van der Waals surface area contributed by atoms with Crippen LogP contribution in [0.15, 0.2) is 59.3 Å². The van der Waals surface area contributed by atoms with Gasteiger partial charge in [-0.25, -0.2) is 4.79 Å². The van der Waals surface area contributed by atoms with Crippen molar-refractivity contribution in [3.8, 4) is 23.0 Å². The summed E-state index contributed by atoms with van der Waals surface area (Å²) in [5.74, 6) is -0.504. The first-order valence-electron chi connectivity index (χ1n) is 6.76. The molecule has 0 fully saturated rings. The highest BCUT2D eigenvalue weighted by Gasteiger charge is 2.17. The van der Waals surface area contributed by atoms with Crippen LogP contribution in [0.1, 0.15) is 10.4 Å². The Hall–Kier alpha value is -3.29. The largest absolute Gasteiger partial charge is 0.434 e. The van der Waals surface area contributed by atoms with Gasteiger partial charge in [-0.1, -0.05) is 12.1 Å². The lowest BCUT2D eigenvalue weighted by Gasteiger charge is -2.10. The topological polar surface area (TPSA) is 74.5 Å². The van der Waals surface area contributed by atoms with Gasteiger partial charge in [-0.15, -0.1) is 10.2 Å². The van der Waals surface area contributed by atoms with Gasteiger partial charge in [0, 0.05) is 5.56 Å². The molecule has 0 amide bonds. The van der Waals surface area contributed by atoms with Gasteiger partial charge in [0.05, 0.1) is 0 Å². The second kappa shape index (κ2) is 6.86. The molecule has 3 rings (SSSR count). The molecule has 0 aliphatic carbocycles. The monoisotopic (exact) mass is 332 g/mol. The van der Waals surface area contributed by atoms with Crippen LogP contribution < -0.4 is 9.47 Å². The van der Waals surface area contributed by atoms with Crippen LogP contribution in [0.5, 0.6) is 11.5 Å². The minimum atomic E-state index is -3.03. The highest BCUT2D eigenvalue weighted by Crippen LogP contribution is 2.24. The number of nitrogens with zero attached hydrogens (tertiary/aromatic N) is 2. The molecular weight excluding hydrogens is 322 g/mol.